The van der Waals surface area contributed by atoms with Crippen LogP contribution in [0.3, 0.4) is 0 Å². The van der Waals surface area contributed by atoms with Crippen molar-refractivity contribution in [3.63, 3.8) is 0 Å². The third-order valence-corrected chi connectivity index (χ3v) is 7.02. The van der Waals surface area contributed by atoms with Crippen molar-refractivity contribution in [3.8, 4) is 0 Å². The standard InChI is InChI=1S/C31H29ClF2N4O5/c1-38(28(39)13-11-21-8-5-9-26(34)29(21)32)25(17-36-30(40)42-18-20-6-3-2-4-7-20)19-43-31(41)37-27-15-23-14-24(33)12-10-22(23)16-35-27/h2-10,12,14-16,25H,11,13,17-19H2,1H3,(H,36,40)(H,35,37,41)/t25-/m0/s1. The van der Waals surface area contributed by atoms with Gasteiger partial charge in [0.15, 0.2) is 0 Å². The summed E-state index contributed by atoms with van der Waals surface area (Å²) in [6.07, 6.45) is 0.0493. The molecule has 0 unspecified atom stereocenters. The Morgan fingerprint density at radius 2 is 1.74 bits per heavy atom. The summed E-state index contributed by atoms with van der Waals surface area (Å²) in [5, 5.41) is 6.24. The van der Waals surface area contributed by atoms with Crippen molar-refractivity contribution in [2.24, 2.45) is 0 Å². The summed E-state index contributed by atoms with van der Waals surface area (Å²) in [6, 6.07) is 18.3. The number of anilines is 1. The Morgan fingerprint density at radius 3 is 2.53 bits per heavy atom. The van der Waals surface area contributed by atoms with Gasteiger partial charge in [0.1, 0.15) is 30.7 Å². The number of nitrogens with zero attached hydrogens (tertiary/aromatic N) is 2. The van der Waals surface area contributed by atoms with Gasteiger partial charge in [-0.25, -0.2) is 23.4 Å². The first-order chi connectivity index (χ1) is 20.7. The number of fused-ring (bicyclic) bond motifs is 1. The van der Waals surface area contributed by atoms with E-state index in [2.05, 4.69) is 15.6 Å². The van der Waals surface area contributed by atoms with Crippen LogP contribution in [0.1, 0.15) is 17.5 Å². The first-order valence-electron chi connectivity index (χ1n) is 13.3. The second-order valence-electron chi connectivity index (χ2n) is 9.60. The largest absolute Gasteiger partial charge is 0.447 e. The molecule has 1 atom stereocenters. The van der Waals surface area contributed by atoms with Gasteiger partial charge in [-0.2, -0.15) is 0 Å². The Labute approximate surface area is 251 Å². The fourth-order valence-electron chi connectivity index (χ4n) is 4.14. The maximum absolute atomic E-state index is 13.8. The number of hydrogen-bond donors (Lipinski definition) is 2. The Kier molecular flexibility index (Phi) is 10.8. The summed E-state index contributed by atoms with van der Waals surface area (Å²) in [7, 11) is 1.50. The number of halogens is 3. The zero-order valence-electron chi connectivity index (χ0n) is 23.2. The van der Waals surface area contributed by atoms with E-state index in [0.717, 1.165) is 5.56 Å². The van der Waals surface area contributed by atoms with Crippen molar-refractivity contribution in [2.45, 2.75) is 25.5 Å². The molecule has 0 spiro atoms. The number of ether oxygens (including phenoxy) is 2. The smallest absolute Gasteiger partial charge is 0.412 e. The lowest BCUT2D eigenvalue weighted by Crippen LogP contribution is -2.48. The minimum absolute atomic E-state index is 0.0155. The average molecular weight is 611 g/mol. The van der Waals surface area contributed by atoms with Gasteiger partial charge >= 0.3 is 12.2 Å². The van der Waals surface area contributed by atoms with Gasteiger partial charge in [-0.1, -0.05) is 54.1 Å². The molecule has 0 radical (unpaired) electrons. The van der Waals surface area contributed by atoms with Crippen molar-refractivity contribution in [2.75, 3.05) is 25.5 Å². The molecule has 1 aromatic heterocycles. The SMILES string of the molecule is CN(C(=O)CCc1cccc(F)c1Cl)[C@@H](CNC(=O)OCc1ccccc1)COC(=O)Nc1cc2cc(F)ccc2cn1. The van der Waals surface area contributed by atoms with E-state index in [0.29, 0.717) is 16.3 Å². The number of nitrogens with one attached hydrogen (secondary N) is 2. The van der Waals surface area contributed by atoms with E-state index in [1.54, 1.807) is 24.3 Å². The maximum Gasteiger partial charge on any atom is 0.412 e. The van der Waals surface area contributed by atoms with Gasteiger partial charge in [0.05, 0.1) is 11.1 Å². The van der Waals surface area contributed by atoms with Gasteiger partial charge in [-0.15, -0.1) is 0 Å². The van der Waals surface area contributed by atoms with Crippen LogP contribution in [0.5, 0.6) is 0 Å². The van der Waals surface area contributed by atoms with Crippen LogP contribution in [0.15, 0.2) is 79.0 Å². The Bertz CT molecular complexity index is 1590. The molecule has 9 nitrogen and oxygen atoms in total. The third-order valence-electron chi connectivity index (χ3n) is 6.60. The molecular formula is C31H29ClF2N4O5. The number of rotatable bonds is 11. The van der Waals surface area contributed by atoms with E-state index in [4.69, 9.17) is 21.1 Å². The Balaban J connectivity index is 1.37. The van der Waals surface area contributed by atoms with Crippen molar-refractivity contribution in [1.29, 1.82) is 0 Å². The first kappa shape index (κ1) is 31.2. The van der Waals surface area contributed by atoms with Crippen LogP contribution in [0.25, 0.3) is 10.8 Å². The van der Waals surface area contributed by atoms with Gasteiger partial charge in [0.2, 0.25) is 5.91 Å². The van der Waals surface area contributed by atoms with Gasteiger partial charge in [0.25, 0.3) is 0 Å². The van der Waals surface area contributed by atoms with Crippen LogP contribution in [-0.4, -0.2) is 54.2 Å². The molecule has 0 aliphatic carbocycles. The summed E-state index contributed by atoms with van der Waals surface area (Å²) in [6.45, 7) is -0.352. The highest BCUT2D eigenvalue weighted by Crippen LogP contribution is 2.21. The van der Waals surface area contributed by atoms with Crippen LogP contribution in [-0.2, 0) is 27.3 Å². The van der Waals surface area contributed by atoms with Gasteiger partial charge in [0, 0.05) is 31.6 Å². The normalized spacial score (nSPS) is 11.4. The third kappa shape index (κ3) is 9.11. The number of carbonyl (C=O) groups excluding carboxylic acids is 3. The summed E-state index contributed by atoms with van der Waals surface area (Å²) >= 11 is 6.02. The van der Waals surface area contributed by atoms with Crippen molar-refractivity contribution < 1.29 is 32.6 Å². The van der Waals surface area contributed by atoms with Crippen LogP contribution < -0.4 is 10.6 Å². The lowest BCUT2D eigenvalue weighted by atomic mass is 10.1. The molecule has 0 aliphatic heterocycles. The minimum atomic E-state index is -0.868. The molecule has 0 saturated heterocycles. The molecular weight excluding hydrogens is 582 g/mol. The maximum atomic E-state index is 13.8. The average Bonchev–Trinajstić information content (AvgIpc) is 3.00. The molecule has 43 heavy (non-hydrogen) atoms. The quantitative estimate of drug-likeness (QED) is 0.212. The number of aryl methyl sites for hydroxylation is 1. The number of benzene rings is 3. The van der Waals surface area contributed by atoms with Gasteiger partial charge in [-0.05, 0) is 53.3 Å². The van der Waals surface area contributed by atoms with Crippen LogP contribution in [0, 0.1) is 11.6 Å². The number of aromatic nitrogens is 1. The Hall–Kier alpha value is -4.77. The highest BCUT2D eigenvalue weighted by molar-refractivity contribution is 6.31. The molecule has 3 amide bonds. The predicted molar refractivity (Wildman–Crippen MR) is 158 cm³/mol. The minimum Gasteiger partial charge on any atom is -0.447 e. The van der Waals surface area contributed by atoms with Crippen LogP contribution in [0.2, 0.25) is 5.02 Å². The van der Waals surface area contributed by atoms with E-state index in [9.17, 15) is 23.2 Å². The second kappa shape index (κ2) is 14.9. The molecule has 4 rings (SSSR count). The molecule has 0 fully saturated rings. The van der Waals surface area contributed by atoms with E-state index in [1.807, 2.05) is 18.2 Å². The monoisotopic (exact) mass is 610 g/mol. The zero-order chi connectivity index (χ0) is 30.8. The van der Waals surface area contributed by atoms with E-state index < -0.39 is 29.9 Å². The van der Waals surface area contributed by atoms with Crippen LogP contribution >= 0.6 is 11.6 Å². The first-order valence-corrected chi connectivity index (χ1v) is 13.7. The summed E-state index contributed by atoms with van der Waals surface area (Å²) in [5.41, 5.74) is 1.27. The number of pyridine rings is 1. The fourth-order valence-corrected chi connectivity index (χ4v) is 4.36. The molecule has 3 aromatic carbocycles. The zero-order valence-corrected chi connectivity index (χ0v) is 23.9. The lowest BCUT2D eigenvalue weighted by molar-refractivity contribution is -0.132. The van der Waals surface area contributed by atoms with Crippen molar-refractivity contribution >= 4 is 46.3 Å². The number of carbonyl (C=O) groups is 3. The van der Waals surface area contributed by atoms with Crippen molar-refractivity contribution in [1.82, 2.24) is 15.2 Å². The molecule has 224 valence electrons. The fraction of sp³-hybridized carbons (Fsp3) is 0.226. The summed E-state index contributed by atoms with van der Waals surface area (Å²) in [4.78, 5) is 43.4. The highest BCUT2D eigenvalue weighted by Gasteiger charge is 2.23. The molecule has 0 saturated carbocycles. The lowest BCUT2D eigenvalue weighted by Gasteiger charge is -2.28. The summed E-state index contributed by atoms with van der Waals surface area (Å²) < 4.78 is 38.0. The number of amides is 3. The molecule has 0 bridgehead atoms. The van der Waals surface area contributed by atoms with Gasteiger partial charge in [-0.3, -0.25) is 10.1 Å². The topological polar surface area (TPSA) is 110 Å². The van der Waals surface area contributed by atoms with E-state index in [-0.39, 0.29) is 49.3 Å². The molecule has 0 aliphatic rings. The van der Waals surface area contributed by atoms with E-state index >= 15 is 0 Å². The molecule has 12 heteroatoms. The number of alkyl carbamates (subject to hydrolysis) is 1. The molecule has 2 N–H and O–H groups in total. The predicted octanol–water partition coefficient (Wildman–Crippen LogP) is 6.10. The molecule has 1 heterocycles. The number of likely N-dealkylation sites (N-methyl/N-ethyl adjacent to an activating group) is 1. The highest BCUT2D eigenvalue weighted by atomic mass is 35.5. The van der Waals surface area contributed by atoms with Crippen LogP contribution in [0.4, 0.5) is 24.2 Å². The Morgan fingerprint density at radius 1 is 0.953 bits per heavy atom. The molecule has 4 aromatic rings. The second-order valence-corrected chi connectivity index (χ2v) is 9.98. The number of hydrogen-bond acceptors (Lipinski definition) is 6. The summed E-state index contributed by atoms with van der Waals surface area (Å²) in [5.74, 6) is -1.23. The van der Waals surface area contributed by atoms with Gasteiger partial charge < -0.3 is 19.7 Å². The van der Waals surface area contributed by atoms with Crippen molar-refractivity contribution in [3.05, 3.63) is 107 Å². The van der Waals surface area contributed by atoms with E-state index in [1.165, 1.54) is 48.5 Å².